The number of thiocarbonyl (C=S) groups is 1. The molecule has 1 aliphatic heterocycles. The van der Waals surface area contributed by atoms with Crippen molar-refractivity contribution in [3.8, 4) is 11.4 Å². The Labute approximate surface area is 238 Å². The number of hydrogen-bond donors (Lipinski definition) is 2. The zero-order valence-corrected chi connectivity index (χ0v) is 24.0. The summed E-state index contributed by atoms with van der Waals surface area (Å²) in [5.74, 6) is 0.385. The lowest BCUT2D eigenvalue weighted by Crippen LogP contribution is -2.29. The van der Waals surface area contributed by atoms with Crippen molar-refractivity contribution >= 4 is 46.2 Å². The zero-order chi connectivity index (χ0) is 27.8. The Bertz CT molecular complexity index is 1570. The first-order valence-corrected chi connectivity index (χ1v) is 13.4. The molecule has 1 saturated heterocycles. The van der Waals surface area contributed by atoms with Crippen LogP contribution in [-0.4, -0.2) is 27.7 Å². The fourth-order valence-corrected chi connectivity index (χ4v) is 5.89. The van der Waals surface area contributed by atoms with Gasteiger partial charge in [0.05, 0.1) is 30.6 Å². The van der Waals surface area contributed by atoms with Crippen LogP contribution in [0, 0.1) is 20.8 Å². The van der Waals surface area contributed by atoms with Crippen LogP contribution in [0.2, 0.25) is 5.02 Å². The van der Waals surface area contributed by atoms with Gasteiger partial charge in [0.2, 0.25) is 5.91 Å². The number of rotatable bonds is 6. The number of nitrogens with zero attached hydrogens (tertiary/aromatic N) is 3. The lowest BCUT2D eigenvalue weighted by Gasteiger charge is -2.29. The lowest BCUT2D eigenvalue weighted by atomic mass is 9.96. The molecule has 9 heteroatoms. The van der Waals surface area contributed by atoms with E-state index >= 15 is 0 Å². The molecule has 3 heterocycles. The second kappa shape index (κ2) is 10.7. The molecule has 0 aliphatic carbocycles. The van der Waals surface area contributed by atoms with Gasteiger partial charge < -0.3 is 24.8 Å². The van der Waals surface area contributed by atoms with Gasteiger partial charge in [0, 0.05) is 40.9 Å². The Morgan fingerprint density at radius 1 is 1.10 bits per heavy atom. The zero-order valence-electron chi connectivity index (χ0n) is 22.4. The van der Waals surface area contributed by atoms with Gasteiger partial charge in [-0.1, -0.05) is 23.7 Å². The molecular weight excluding hydrogens is 530 g/mol. The number of pyridine rings is 1. The number of ether oxygens (including phenoxy) is 1. The number of nitrogens with one attached hydrogen (secondary N) is 2. The summed E-state index contributed by atoms with van der Waals surface area (Å²) in [7, 11) is 1.58. The van der Waals surface area contributed by atoms with Gasteiger partial charge in [0.25, 0.3) is 0 Å². The molecule has 2 aromatic carbocycles. The minimum atomic E-state index is -0.217. The molecule has 1 amide bonds. The quantitative estimate of drug-likeness (QED) is 0.259. The van der Waals surface area contributed by atoms with Crippen LogP contribution in [0.25, 0.3) is 5.69 Å². The Hall–Kier alpha value is -3.88. The predicted octanol–water partition coefficient (Wildman–Crippen LogP) is 6.60. The molecule has 5 rings (SSSR count). The van der Waals surface area contributed by atoms with Gasteiger partial charge in [-0.2, -0.15) is 0 Å². The van der Waals surface area contributed by atoms with Crippen molar-refractivity contribution in [1.82, 2.24) is 14.9 Å². The van der Waals surface area contributed by atoms with Crippen LogP contribution >= 0.6 is 23.8 Å². The molecule has 2 N–H and O–H groups in total. The number of benzene rings is 2. The number of amides is 1. The fraction of sp³-hybridized carbons (Fsp3) is 0.233. The first kappa shape index (κ1) is 26.7. The number of anilines is 2. The van der Waals surface area contributed by atoms with Crippen LogP contribution in [0.1, 0.15) is 47.2 Å². The molecule has 4 aromatic rings. The topological polar surface area (TPSA) is 71.4 Å². The normalized spacial score (nSPS) is 16.8. The molecule has 2 unspecified atom stereocenters. The maximum atomic E-state index is 11.9. The second-order valence-electron chi connectivity index (χ2n) is 9.61. The van der Waals surface area contributed by atoms with Gasteiger partial charge in [-0.05, 0) is 92.6 Å². The number of methoxy groups -OCH3 is 1. The first-order chi connectivity index (χ1) is 18.7. The molecule has 2 atom stereocenters. The summed E-state index contributed by atoms with van der Waals surface area (Å²) in [5, 5.41) is 7.69. The van der Waals surface area contributed by atoms with Crippen molar-refractivity contribution in [3.05, 3.63) is 100 Å². The van der Waals surface area contributed by atoms with Crippen molar-refractivity contribution in [1.29, 1.82) is 0 Å². The molecule has 200 valence electrons. The third kappa shape index (κ3) is 4.86. The van der Waals surface area contributed by atoms with Crippen molar-refractivity contribution in [2.45, 2.75) is 39.8 Å². The van der Waals surface area contributed by atoms with Crippen molar-refractivity contribution in [2.75, 3.05) is 17.3 Å². The monoisotopic (exact) mass is 559 g/mol. The summed E-state index contributed by atoms with van der Waals surface area (Å²) in [6, 6.07) is 19.3. The number of aromatic nitrogens is 2. The average molecular weight is 560 g/mol. The molecule has 7 nitrogen and oxygen atoms in total. The van der Waals surface area contributed by atoms with E-state index in [1.165, 1.54) is 6.92 Å². The smallest absolute Gasteiger partial charge is 0.221 e. The van der Waals surface area contributed by atoms with Crippen LogP contribution in [0.3, 0.4) is 0 Å². The third-order valence-corrected chi connectivity index (χ3v) is 7.86. The molecule has 0 bridgehead atoms. The molecule has 0 radical (unpaired) electrons. The van der Waals surface area contributed by atoms with Gasteiger partial charge in [-0.3, -0.25) is 9.78 Å². The molecule has 39 heavy (non-hydrogen) atoms. The Morgan fingerprint density at radius 3 is 2.59 bits per heavy atom. The van der Waals surface area contributed by atoms with E-state index in [2.05, 4.69) is 51.1 Å². The van der Waals surface area contributed by atoms with E-state index in [1.807, 2.05) is 55.5 Å². The van der Waals surface area contributed by atoms with E-state index in [1.54, 1.807) is 13.3 Å². The number of aryl methyl sites for hydroxylation is 1. The summed E-state index contributed by atoms with van der Waals surface area (Å²) in [6.07, 6.45) is 1.79. The molecular formula is C30H30ClN5O2S. The van der Waals surface area contributed by atoms with E-state index in [4.69, 9.17) is 28.6 Å². The van der Waals surface area contributed by atoms with Gasteiger partial charge in [-0.25, -0.2) is 0 Å². The summed E-state index contributed by atoms with van der Waals surface area (Å²) in [5.41, 5.74) is 7.60. The van der Waals surface area contributed by atoms with Crippen LogP contribution in [0.5, 0.6) is 5.75 Å². The molecule has 1 fully saturated rings. The van der Waals surface area contributed by atoms with Gasteiger partial charge in [0.15, 0.2) is 5.11 Å². The molecule has 0 saturated carbocycles. The number of hydrogen-bond acceptors (Lipinski definition) is 4. The molecule has 1 aliphatic rings. The fourth-order valence-electron chi connectivity index (χ4n) is 5.38. The Kier molecular flexibility index (Phi) is 7.34. The lowest BCUT2D eigenvalue weighted by molar-refractivity contribution is -0.114. The highest BCUT2D eigenvalue weighted by Crippen LogP contribution is 2.45. The Balaban J connectivity index is 1.70. The number of halogens is 1. The summed E-state index contributed by atoms with van der Waals surface area (Å²) < 4.78 is 7.73. The highest BCUT2D eigenvalue weighted by Gasteiger charge is 2.42. The maximum Gasteiger partial charge on any atom is 0.221 e. The van der Waals surface area contributed by atoms with Gasteiger partial charge >= 0.3 is 0 Å². The summed E-state index contributed by atoms with van der Waals surface area (Å²) in [6.45, 7) is 7.72. The summed E-state index contributed by atoms with van der Waals surface area (Å²) in [4.78, 5) is 18.7. The number of carbonyl (C=O) groups excluding carboxylic acids is 1. The minimum Gasteiger partial charge on any atom is -0.495 e. The Morgan fingerprint density at radius 2 is 1.90 bits per heavy atom. The molecule has 2 aromatic heterocycles. The van der Waals surface area contributed by atoms with E-state index < -0.39 is 0 Å². The van der Waals surface area contributed by atoms with Crippen LogP contribution in [0.4, 0.5) is 11.4 Å². The van der Waals surface area contributed by atoms with Crippen molar-refractivity contribution in [3.63, 3.8) is 0 Å². The predicted molar refractivity (Wildman–Crippen MR) is 160 cm³/mol. The van der Waals surface area contributed by atoms with E-state index in [9.17, 15) is 4.79 Å². The minimum absolute atomic E-state index is 0.184. The highest BCUT2D eigenvalue weighted by atomic mass is 35.5. The highest BCUT2D eigenvalue weighted by molar-refractivity contribution is 7.80. The van der Waals surface area contributed by atoms with E-state index in [0.29, 0.717) is 16.5 Å². The summed E-state index contributed by atoms with van der Waals surface area (Å²) >= 11 is 12.4. The van der Waals surface area contributed by atoms with E-state index in [-0.39, 0.29) is 18.0 Å². The second-order valence-corrected chi connectivity index (χ2v) is 10.4. The van der Waals surface area contributed by atoms with Crippen molar-refractivity contribution in [2.24, 2.45) is 0 Å². The molecule has 0 spiro atoms. The van der Waals surface area contributed by atoms with Crippen molar-refractivity contribution < 1.29 is 9.53 Å². The number of carbonyl (C=O) groups is 1. The SMILES string of the molecule is COc1ccc(N2C(=S)NC(c3ccccn3)C2c2cc(C)n(-c3cccc(Cl)c3C)c2C)cc1NC(C)=O. The van der Waals surface area contributed by atoms with E-state index in [0.717, 1.165) is 44.6 Å². The third-order valence-electron chi connectivity index (χ3n) is 7.14. The van der Waals surface area contributed by atoms with Gasteiger partial charge in [-0.15, -0.1) is 0 Å². The van der Waals surface area contributed by atoms with Crippen LogP contribution < -0.4 is 20.3 Å². The average Bonchev–Trinajstić information content (AvgIpc) is 3.41. The standard InChI is InChI=1S/C30H30ClN5O2S/c1-17-15-22(19(3)35(17)26-11-8-9-23(31)18(26)2)29-28(24-10-6-7-14-32-24)34-30(39)36(29)21-12-13-27(38-5)25(16-21)33-20(4)37/h6-16,28-29H,1-5H3,(H,33,37)(H,34,39). The van der Waals surface area contributed by atoms with Gasteiger partial charge in [0.1, 0.15) is 5.75 Å². The first-order valence-electron chi connectivity index (χ1n) is 12.6. The maximum absolute atomic E-state index is 11.9. The largest absolute Gasteiger partial charge is 0.495 e. The van der Waals surface area contributed by atoms with Crippen LogP contribution in [0.15, 0.2) is 66.9 Å². The van der Waals surface area contributed by atoms with Crippen LogP contribution in [-0.2, 0) is 4.79 Å².